The van der Waals surface area contributed by atoms with Crippen LogP contribution in [0.1, 0.15) is 24.1 Å². The zero-order chi connectivity index (χ0) is 22.7. The van der Waals surface area contributed by atoms with Crippen molar-refractivity contribution >= 4 is 28.7 Å². The highest BCUT2D eigenvalue weighted by atomic mass is 19.1. The maximum absolute atomic E-state index is 13.7. The van der Waals surface area contributed by atoms with Gasteiger partial charge in [-0.05, 0) is 43.9 Å². The topological polar surface area (TPSA) is 92.2 Å². The highest BCUT2D eigenvalue weighted by Crippen LogP contribution is 2.21. The second kappa shape index (κ2) is 9.33. The van der Waals surface area contributed by atoms with Crippen molar-refractivity contribution in [2.75, 3.05) is 25.0 Å². The van der Waals surface area contributed by atoms with Crippen LogP contribution in [0.3, 0.4) is 0 Å². The lowest BCUT2D eigenvalue weighted by atomic mass is 9.96. The molecule has 8 nitrogen and oxygen atoms in total. The highest BCUT2D eigenvalue weighted by Gasteiger charge is 2.27. The molecule has 168 valence electrons. The van der Waals surface area contributed by atoms with Crippen LogP contribution in [0.4, 0.5) is 14.9 Å². The van der Waals surface area contributed by atoms with Gasteiger partial charge >= 0.3 is 6.03 Å². The molecule has 1 aliphatic rings. The standard InChI is InChI=1S/C23H27FN6O2/c1-15-19-13-18(14-26-21(19)29(2)28-15)27-23(32)30-11-8-17(9-12-30)22(31)25-10-7-16-5-3-4-6-20(16)24/h3-6,13-14,17H,7-12H2,1-2H3,(H,25,31)(H,27,32). The smallest absolute Gasteiger partial charge is 0.321 e. The molecule has 9 heteroatoms. The fourth-order valence-electron chi connectivity index (χ4n) is 4.09. The number of fused-ring (bicyclic) bond motifs is 1. The van der Waals surface area contributed by atoms with E-state index in [2.05, 4.69) is 20.7 Å². The van der Waals surface area contributed by atoms with Gasteiger partial charge in [-0.2, -0.15) is 5.10 Å². The Morgan fingerprint density at radius 1 is 1.22 bits per heavy atom. The second-order valence-electron chi connectivity index (χ2n) is 8.13. The van der Waals surface area contributed by atoms with Gasteiger partial charge in [0.05, 0.1) is 17.6 Å². The predicted molar refractivity (Wildman–Crippen MR) is 120 cm³/mol. The summed E-state index contributed by atoms with van der Waals surface area (Å²) < 4.78 is 15.4. The number of urea groups is 1. The first-order valence-corrected chi connectivity index (χ1v) is 10.8. The van der Waals surface area contributed by atoms with Crippen molar-refractivity contribution in [2.45, 2.75) is 26.2 Å². The number of hydrogen-bond donors (Lipinski definition) is 2. The fourth-order valence-corrected chi connectivity index (χ4v) is 4.09. The SMILES string of the molecule is Cc1nn(C)c2ncc(NC(=O)N3CCC(C(=O)NCCc4ccccc4F)CC3)cc12. The number of piperidine rings is 1. The van der Waals surface area contributed by atoms with E-state index in [9.17, 15) is 14.0 Å². The van der Waals surface area contributed by atoms with Crippen LogP contribution in [0.2, 0.25) is 0 Å². The molecule has 1 aliphatic heterocycles. The van der Waals surface area contributed by atoms with E-state index in [1.54, 1.807) is 34.0 Å². The predicted octanol–water partition coefficient (Wildman–Crippen LogP) is 3.02. The van der Waals surface area contributed by atoms with Gasteiger partial charge in [-0.3, -0.25) is 9.48 Å². The monoisotopic (exact) mass is 438 g/mol. The molecule has 2 N–H and O–H groups in total. The number of likely N-dealkylation sites (tertiary alicyclic amines) is 1. The largest absolute Gasteiger partial charge is 0.356 e. The first-order chi connectivity index (χ1) is 15.4. The van der Waals surface area contributed by atoms with E-state index in [4.69, 9.17) is 0 Å². The van der Waals surface area contributed by atoms with Gasteiger partial charge in [0.15, 0.2) is 5.65 Å². The van der Waals surface area contributed by atoms with Crippen LogP contribution in [0.25, 0.3) is 11.0 Å². The molecule has 0 saturated carbocycles. The number of nitrogens with one attached hydrogen (secondary N) is 2. The Morgan fingerprint density at radius 2 is 1.97 bits per heavy atom. The average molecular weight is 439 g/mol. The van der Waals surface area contributed by atoms with E-state index in [0.29, 0.717) is 50.1 Å². The first-order valence-electron chi connectivity index (χ1n) is 10.8. The molecule has 0 bridgehead atoms. The number of aromatic nitrogens is 3. The molecule has 2 aromatic heterocycles. The lowest BCUT2D eigenvalue weighted by Crippen LogP contribution is -2.44. The molecule has 1 aromatic carbocycles. The van der Waals surface area contributed by atoms with E-state index >= 15 is 0 Å². The number of carbonyl (C=O) groups excluding carboxylic acids is 2. The zero-order valence-electron chi connectivity index (χ0n) is 18.3. The van der Waals surface area contributed by atoms with E-state index < -0.39 is 0 Å². The van der Waals surface area contributed by atoms with Crippen molar-refractivity contribution in [3.8, 4) is 0 Å². The van der Waals surface area contributed by atoms with Gasteiger partial charge in [0.2, 0.25) is 5.91 Å². The molecule has 0 aliphatic carbocycles. The molecule has 0 unspecified atom stereocenters. The number of nitrogens with zero attached hydrogens (tertiary/aromatic N) is 4. The summed E-state index contributed by atoms with van der Waals surface area (Å²) in [4.78, 5) is 31.2. The molecule has 4 rings (SSSR count). The van der Waals surface area contributed by atoms with Crippen LogP contribution >= 0.6 is 0 Å². The van der Waals surface area contributed by atoms with Crippen molar-refractivity contribution in [1.29, 1.82) is 0 Å². The number of carbonyl (C=O) groups is 2. The summed E-state index contributed by atoms with van der Waals surface area (Å²) in [5, 5.41) is 11.0. The Balaban J connectivity index is 1.25. The van der Waals surface area contributed by atoms with Crippen LogP contribution in [-0.2, 0) is 18.3 Å². The van der Waals surface area contributed by atoms with E-state index in [-0.39, 0.29) is 23.7 Å². The van der Waals surface area contributed by atoms with Crippen molar-refractivity contribution in [2.24, 2.45) is 13.0 Å². The number of anilines is 1. The number of hydrogen-bond acceptors (Lipinski definition) is 4. The molecule has 0 radical (unpaired) electrons. The lowest BCUT2D eigenvalue weighted by Gasteiger charge is -2.31. The first kappa shape index (κ1) is 21.7. The Hall–Kier alpha value is -3.49. The van der Waals surface area contributed by atoms with Crippen LogP contribution in [0.5, 0.6) is 0 Å². The molecular weight excluding hydrogens is 411 g/mol. The molecule has 0 spiro atoms. The molecule has 1 saturated heterocycles. The minimum atomic E-state index is -0.255. The Labute approximate surface area is 185 Å². The van der Waals surface area contributed by atoms with Crippen molar-refractivity contribution in [1.82, 2.24) is 25.0 Å². The quantitative estimate of drug-likeness (QED) is 0.641. The number of aryl methyl sites for hydroxylation is 2. The van der Waals surface area contributed by atoms with Crippen LogP contribution in [0.15, 0.2) is 36.5 Å². The minimum Gasteiger partial charge on any atom is -0.356 e. The number of pyridine rings is 1. The third kappa shape index (κ3) is 4.71. The number of benzene rings is 1. The molecule has 32 heavy (non-hydrogen) atoms. The van der Waals surface area contributed by atoms with Crippen molar-refractivity contribution in [3.05, 3.63) is 53.6 Å². The molecule has 3 amide bonds. The number of amides is 3. The van der Waals surface area contributed by atoms with Gasteiger partial charge in [0.1, 0.15) is 5.82 Å². The summed E-state index contributed by atoms with van der Waals surface area (Å²) in [6.07, 6.45) is 3.27. The number of halogens is 1. The lowest BCUT2D eigenvalue weighted by molar-refractivity contribution is -0.126. The van der Waals surface area contributed by atoms with Gasteiger partial charge in [0.25, 0.3) is 0 Å². The van der Waals surface area contributed by atoms with Crippen LogP contribution in [-0.4, -0.2) is 51.2 Å². The van der Waals surface area contributed by atoms with E-state index in [1.165, 1.54) is 6.07 Å². The summed E-state index contributed by atoms with van der Waals surface area (Å²) in [7, 11) is 1.83. The fraction of sp³-hybridized carbons (Fsp3) is 0.391. The summed E-state index contributed by atoms with van der Waals surface area (Å²) in [5.41, 5.74) is 2.83. The molecule has 1 fully saturated rings. The third-order valence-corrected chi connectivity index (χ3v) is 5.92. The maximum Gasteiger partial charge on any atom is 0.321 e. The summed E-state index contributed by atoms with van der Waals surface area (Å²) in [6.45, 7) is 3.29. The Bertz CT molecular complexity index is 1140. The van der Waals surface area contributed by atoms with Gasteiger partial charge in [-0.15, -0.1) is 0 Å². The van der Waals surface area contributed by atoms with Gasteiger partial charge < -0.3 is 15.5 Å². The maximum atomic E-state index is 13.7. The zero-order valence-corrected chi connectivity index (χ0v) is 18.3. The van der Waals surface area contributed by atoms with E-state index in [0.717, 1.165) is 16.7 Å². The number of rotatable bonds is 5. The second-order valence-corrected chi connectivity index (χ2v) is 8.13. The van der Waals surface area contributed by atoms with Crippen LogP contribution in [0, 0.1) is 18.7 Å². The summed E-state index contributed by atoms with van der Waals surface area (Å²) >= 11 is 0. The summed E-state index contributed by atoms with van der Waals surface area (Å²) in [5.74, 6) is -0.437. The summed E-state index contributed by atoms with van der Waals surface area (Å²) in [6, 6.07) is 8.25. The van der Waals surface area contributed by atoms with Gasteiger partial charge in [-0.1, -0.05) is 18.2 Å². The van der Waals surface area contributed by atoms with Crippen LogP contribution < -0.4 is 10.6 Å². The average Bonchev–Trinajstić information content (AvgIpc) is 3.08. The molecule has 3 heterocycles. The highest BCUT2D eigenvalue weighted by molar-refractivity contribution is 5.92. The van der Waals surface area contributed by atoms with Crippen molar-refractivity contribution in [3.63, 3.8) is 0 Å². The van der Waals surface area contributed by atoms with Gasteiger partial charge in [0, 0.05) is 38.0 Å². The molecule has 3 aromatic rings. The molecule has 0 atom stereocenters. The minimum absolute atomic E-state index is 0.0388. The van der Waals surface area contributed by atoms with Gasteiger partial charge in [-0.25, -0.2) is 14.2 Å². The normalized spacial score (nSPS) is 14.5. The Morgan fingerprint density at radius 3 is 2.72 bits per heavy atom. The third-order valence-electron chi connectivity index (χ3n) is 5.92. The van der Waals surface area contributed by atoms with E-state index in [1.807, 2.05) is 20.0 Å². The molecular formula is C23H27FN6O2. The van der Waals surface area contributed by atoms with Crippen molar-refractivity contribution < 1.29 is 14.0 Å². The Kier molecular flexibility index (Phi) is 6.34.